The molecule has 0 N–H and O–H groups in total. The molecule has 0 aliphatic heterocycles. The largest absolute Gasteiger partial charge is 0.481 e. The van der Waals surface area contributed by atoms with Gasteiger partial charge < -0.3 is 9.30 Å². The van der Waals surface area contributed by atoms with Crippen LogP contribution in [0.15, 0.2) is 22.9 Å². The minimum atomic E-state index is 0.676. The number of halogens is 1. The topological polar surface area (TPSA) is 27.1 Å². The van der Waals surface area contributed by atoms with Gasteiger partial charge in [0, 0.05) is 18.9 Å². The molecule has 0 bridgehead atoms. The predicted molar refractivity (Wildman–Crippen MR) is 59.7 cm³/mol. The van der Waals surface area contributed by atoms with Gasteiger partial charge in [-0.05, 0) is 28.9 Å². The number of hydrogen-bond acceptors (Lipinski definition) is 2. The van der Waals surface area contributed by atoms with Crippen molar-refractivity contribution >= 4 is 26.8 Å². The Balaban J connectivity index is 2.80. The van der Waals surface area contributed by atoms with Crippen molar-refractivity contribution < 1.29 is 4.74 Å². The second kappa shape index (κ2) is 3.61. The summed E-state index contributed by atoms with van der Waals surface area (Å²) in [6.07, 6.45) is 3.81. The summed E-state index contributed by atoms with van der Waals surface area (Å²) < 4.78 is 8.35. The van der Waals surface area contributed by atoms with E-state index < -0.39 is 0 Å². The molecule has 0 saturated carbocycles. The van der Waals surface area contributed by atoms with Gasteiger partial charge in [0.05, 0.1) is 22.5 Å². The number of hydrogen-bond donors (Lipinski definition) is 0. The van der Waals surface area contributed by atoms with E-state index in [1.54, 1.807) is 13.3 Å². The first-order chi connectivity index (χ1) is 6.77. The molecule has 2 aromatic rings. The van der Waals surface area contributed by atoms with Crippen LogP contribution in [0.4, 0.5) is 0 Å². The van der Waals surface area contributed by atoms with Crippen LogP contribution in [0.1, 0.15) is 6.92 Å². The highest BCUT2D eigenvalue weighted by molar-refractivity contribution is 9.10. The Bertz CT molecular complexity index is 464. The zero-order valence-electron chi connectivity index (χ0n) is 8.12. The van der Waals surface area contributed by atoms with E-state index in [0.717, 1.165) is 21.9 Å². The van der Waals surface area contributed by atoms with Gasteiger partial charge >= 0.3 is 0 Å². The second-order valence-corrected chi connectivity index (χ2v) is 3.83. The Morgan fingerprint density at radius 3 is 3.00 bits per heavy atom. The summed E-state index contributed by atoms with van der Waals surface area (Å²) in [5.41, 5.74) is 1.14. The molecular weight excluding hydrogens is 244 g/mol. The Morgan fingerprint density at radius 1 is 1.57 bits per heavy atom. The van der Waals surface area contributed by atoms with Crippen LogP contribution in [0, 0.1) is 0 Å². The third-order valence-electron chi connectivity index (χ3n) is 2.25. The minimum Gasteiger partial charge on any atom is -0.481 e. The number of pyridine rings is 1. The van der Waals surface area contributed by atoms with Crippen LogP contribution >= 0.6 is 15.9 Å². The van der Waals surface area contributed by atoms with Gasteiger partial charge in [-0.2, -0.15) is 0 Å². The molecule has 2 aromatic heterocycles. The van der Waals surface area contributed by atoms with Crippen molar-refractivity contribution in [2.45, 2.75) is 13.5 Å². The number of ether oxygens (including phenoxy) is 1. The van der Waals surface area contributed by atoms with Crippen molar-refractivity contribution in [3.63, 3.8) is 0 Å². The Morgan fingerprint density at radius 2 is 2.36 bits per heavy atom. The van der Waals surface area contributed by atoms with Crippen LogP contribution in [0.5, 0.6) is 5.88 Å². The van der Waals surface area contributed by atoms with Gasteiger partial charge in [-0.15, -0.1) is 0 Å². The van der Waals surface area contributed by atoms with Crippen LogP contribution in [0.3, 0.4) is 0 Å². The molecule has 2 heterocycles. The summed E-state index contributed by atoms with van der Waals surface area (Å²) >= 11 is 3.49. The standard InChI is InChI=1S/C10H11BrN2O/c1-3-13-5-4-7-9(13)8(11)6-12-10(7)14-2/h4-6H,3H2,1-2H3. The summed E-state index contributed by atoms with van der Waals surface area (Å²) in [5, 5.41) is 1.05. The van der Waals surface area contributed by atoms with Gasteiger partial charge in [0.1, 0.15) is 0 Å². The molecule has 0 atom stereocenters. The molecule has 0 unspecified atom stereocenters. The quantitative estimate of drug-likeness (QED) is 0.825. The fourth-order valence-electron chi connectivity index (χ4n) is 1.58. The maximum Gasteiger partial charge on any atom is 0.222 e. The van der Waals surface area contributed by atoms with Crippen molar-refractivity contribution in [3.8, 4) is 5.88 Å². The fraction of sp³-hybridized carbons (Fsp3) is 0.300. The lowest BCUT2D eigenvalue weighted by atomic mass is 10.3. The fourth-order valence-corrected chi connectivity index (χ4v) is 2.13. The molecule has 0 saturated heterocycles. The van der Waals surface area contributed by atoms with Gasteiger partial charge in [0.15, 0.2) is 0 Å². The van der Waals surface area contributed by atoms with Gasteiger partial charge in [-0.1, -0.05) is 0 Å². The maximum atomic E-state index is 5.20. The van der Waals surface area contributed by atoms with E-state index in [1.165, 1.54) is 0 Å². The highest BCUT2D eigenvalue weighted by Gasteiger charge is 2.09. The van der Waals surface area contributed by atoms with Crippen molar-refractivity contribution in [2.24, 2.45) is 0 Å². The van der Waals surface area contributed by atoms with Gasteiger partial charge in [-0.3, -0.25) is 0 Å². The monoisotopic (exact) mass is 254 g/mol. The summed E-state index contributed by atoms with van der Waals surface area (Å²) in [6, 6.07) is 2.02. The normalized spacial score (nSPS) is 10.8. The highest BCUT2D eigenvalue weighted by Crippen LogP contribution is 2.30. The number of nitrogens with zero attached hydrogens (tertiary/aromatic N) is 2. The summed E-state index contributed by atoms with van der Waals surface area (Å²) in [5.74, 6) is 0.676. The first kappa shape index (κ1) is 9.52. The zero-order chi connectivity index (χ0) is 10.1. The average molecular weight is 255 g/mol. The lowest BCUT2D eigenvalue weighted by molar-refractivity contribution is 0.403. The molecule has 0 aliphatic rings. The van der Waals surface area contributed by atoms with Crippen molar-refractivity contribution in [2.75, 3.05) is 7.11 Å². The number of rotatable bonds is 2. The molecule has 0 radical (unpaired) electrons. The van der Waals surface area contributed by atoms with Crippen molar-refractivity contribution in [1.29, 1.82) is 0 Å². The molecule has 0 fully saturated rings. The van der Waals surface area contributed by atoms with Gasteiger partial charge in [-0.25, -0.2) is 4.98 Å². The van der Waals surface area contributed by atoms with Crippen LogP contribution in [-0.4, -0.2) is 16.7 Å². The van der Waals surface area contributed by atoms with Crippen LogP contribution in [-0.2, 0) is 6.54 Å². The average Bonchev–Trinajstić information content (AvgIpc) is 2.63. The lowest BCUT2D eigenvalue weighted by Crippen LogP contribution is -1.94. The molecule has 2 rings (SSSR count). The summed E-state index contributed by atoms with van der Waals surface area (Å²) in [6.45, 7) is 3.05. The first-order valence-corrected chi connectivity index (χ1v) is 5.24. The van der Waals surface area contributed by atoms with Crippen molar-refractivity contribution in [1.82, 2.24) is 9.55 Å². The van der Waals surface area contributed by atoms with E-state index in [-0.39, 0.29) is 0 Å². The Kier molecular flexibility index (Phi) is 2.46. The van der Waals surface area contributed by atoms with Gasteiger partial charge in [0.25, 0.3) is 0 Å². The number of aryl methyl sites for hydroxylation is 1. The lowest BCUT2D eigenvalue weighted by Gasteiger charge is -2.05. The highest BCUT2D eigenvalue weighted by atomic mass is 79.9. The molecule has 0 amide bonds. The molecule has 0 spiro atoms. The van der Waals surface area contributed by atoms with Crippen LogP contribution < -0.4 is 4.74 Å². The van der Waals surface area contributed by atoms with E-state index in [2.05, 4.69) is 32.4 Å². The minimum absolute atomic E-state index is 0.676. The Labute approximate surface area is 90.8 Å². The molecule has 14 heavy (non-hydrogen) atoms. The van der Waals surface area contributed by atoms with Crippen molar-refractivity contribution in [3.05, 3.63) is 22.9 Å². The molecule has 0 aliphatic carbocycles. The smallest absolute Gasteiger partial charge is 0.222 e. The van der Waals surface area contributed by atoms with E-state index >= 15 is 0 Å². The predicted octanol–water partition coefficient (Wildman–Crippen LogP) is 2.83. The molecule has 4 heteroatoms. The summed E-state index contributed by atoms with van der Waals surface area (Å²) in [7, 11) is 1.64. The Hall–Kier alpha value is -1.03. The third-order valence-corrected chi connectivity index (χ3v) is 2.83. The SMILES string of the molecule is CCn1ccc2c(OC)ncc(Br)c21. The number of methoxy groups -OCH3 is 1. The van der Waals surface area contributed by atoms with Crippen LogP contribution in [0.25, 0.3) is 10.9 Å². The van der Waals surface area contributed by atoms with Gasteiger partial charge in [0.2, 0.25) is 5.88 Å². The van der Waals surface area contributed by atoms with E-state index in [0.29, 0.717) is 5.88 Å². The number of aromatic nitrogens is 2. The van der Waals surface area contributed by atoms with E-state index in [4.69, 9.17) is 4.74 Å². The zero-order valence-corrected chi connectivity index (χ0v) is 9.71. The molecule has 74 valence electrons. The first-order valence-electron chi connectivity index (χ1n) is 4.45. The van der Waals surface area contributed by atoms with E-state index in [1.807, 2.05) is 12.3 Å². The number of fused-ring (bicyclic) bond motifs is 1. The second-order valence-electron chi connectivity index (χ2n) is 2.98. The van der Waals surface area contributed by atoms with E-state index in [9.17, 15) is 0 Å². The van der Waals surface area contributed by atoms with Crippen LogP contribution in [0.2, 0.25) is 0 Å². The summed E-state index contributed by atoms with van der Waals surface area (Å²) in [4.78, 5) is 4.19. The molecular formula is C10H11BrN2O. The third kappa shape index (κ3) is 1.30. The molecule has 0 aromatic carbocycles. The maximum absolute atomic E-state index is 5.20. The molecule has 3 nitrogen and oxygen atoms in total.